The molecule has 0 amide bonds. The molecule has 0 spiro atoms. The zero-order valence-corrected chi connectivity index (χ0v) is 6.37. The van der Waals surface area contributed by atoms with Gasteiger partial charge in [-0.05, 0) is 6.92 Å². The van der Waals surface area contributed by atoms with Crippen molar-refractivity contribution >= 4 is 0 Å². The lowest BCUT2D eigenvalue weighted by atomic mass is 9.94. The highest BCUT2D eigenvalue weighted by atomic mass is 16.5. The van der Waals surface area contributed by atoms with Gasteiger partial charge in [-0.15, -0.1) is 0 Å². The summed E-state index contributed by atoms with van der Waals surface area (Å²) in [5, 5.41) is 3.81. The highest BCUT2D eigenvalue weighted by Gasteiger charge is 2.40. The first kappa shape index (κ1) is 6.82. The van der Waals surface area contributed by atoms with Gasteiger partial charge >= 0.3 is 0 Å². The molecule has 4 heteroatoms. The highest BCUT2D eigenvalue weighted by Crippen LogP contribution is 2.32. The van der Waals surface area contributed by atoms with Crippen LogP contribution in [-0.4, -0.2) is 11.2 Å². The van der Waals surface area contributed by atoms with Gasteiger partial charge in [0, 0.05) is 18.0 Å². The fourth-order valence-electron chi connectivity index (χ4n) is 1.47. The first-order valence-corrected chi connectivity index (χ1v) is 3.60. The Balaban J connectivity index is 2.52. The van der Waals surface area contributed by atoms with E-state index in [9.17, 15) is 0 Å². The van der Waals surface area contributed by atoms with Gasteiger partial charge in [0.2, 0.25) is 0 Å². The largest absolute Gasteiger partial charge is 0.364 e. The van der Waals surface area contributed by atoms with Crippen molar-refractivity contribution in [2.45, 2.75) is 24.9 Å². The maximum atomic E-state index is 5.95. The Bertz CT molecular complexity index is 279. The molecule has 1 aromatic heterocycles. The smallest absolute Gasteiger partial charge is 0.129 e. The van der Waals surface area contributed by atoms with Gasteiger partial charge in [-0.3, -0.25) is 0 Å². The van der Waals surface area contributed by atoms with Crippen LogP contribution in [0.1, 0.15) is 18.2 Å². The molecule has 0 aromatic carbocycles. The number of rotatable bonds is 0. The molecule has 0 saturated carbocycles. The Morgan fingerprint density at radius 2 is 2.55 bits per heavy atom. The molecule has 1 unspecified atom stereocenters. The summed E-state index contributed by atoms with van der Waals surface area (Å²) in [5.74, 6) is 0. The molecule has 0 radical (unpaired) electrons. The molecule has 0 bridgehead atoms. The third-order valence-electron chi connectivity index (χ3n) is 2.41. The number of nitrogens with zero attached hydrogens (tertiary/aromatic N) is 1. The molecule has 4 N–H and O–H groups in total. The normalized spacial score (nSPS) is 35.7. The van der Waals surface area contributed by atoms with Crippen LogP contribution in [0.25, 0.3) is 0 Å². The lowest BCUT2D eigenvalue weighted by Crippen LogP contribution is -2.47. The molecule has 2 rings (SSSR count). The zero-order chi connectivity index (χ0) is 8.06. The first-order chi connectivity index (χ1) is 5.12. The Morgan fingerprint density at radius 1 is 1.82 bits per heavy atom. The molecule has 11 heavy (non-hydrogen) atoms. The molecule has 1 heterocycles. The van der Waals surface area contributed by atoms with Crippen molar-refractivity contribution in [3.05, 3.63) is 17.5 Å². The first-order valence-electron chi connectivity index (χ1n) is 3.60. The summed E-state index contributed by atoms with van der Waals surface area (Å²) in [4.78, 5) is 0. The van der Waals surface area contributed by atoms with Crippen LogP contribution < -0.4 is 11.5 Å². The maximum absolute atomic E-state index is 5.95. The van der Waals surface area contributed by atoms with Crippen LogP contribution >= 0.6 is 0 Å². The summed E-state index contributed by atoms with van der Waals surface area (Å²) in [6, 6.07) is -0.0311. The average molecular weight is 153 g/mol. The van der Waals surface area contributed by atoms with Crippen LogP contribution in [0, 0.1) is 0 Å². The molecular formula is C7H11N3O. The summed E-state index contributed by atoms with van der Waals surface area (Å²) in [6.07, 6.45) is 2.31. The summed E-state index contributed by atoms with van der Waals surface area (Å²) in [7, 11) is 0. The van der Waals surface area contributed by atoms with Gasteiger partial charge in [0.05, 0.1) is 11.2 Å². The van der Waals surface area contributed by atoms with Crippen molar-refractivity contribution in [1.29, 1.82) is 0 Å². The van der Waals surface area contributed by atoms with E-state index in [2.05, 4.69) is 5.16 Å². The Hall–Kier alpha value is -0.870. The van der Waals surface area contributed by atoms with Gasteiger partial charge in [0.25, 0.3) is 0 Å². The van der Waals surface area contributed by atoms with Crippen LogP contribution in [0.3, 0.4) is 0 Å². The van der Waals surface area contributed by atoms with E-state index in [-0.39, 0.29) is 6.04 Å². The van der Waals surface area contributed by atoms with E-state index in [1.165, 1.54) is 0 Å². The topological polar surface area (TPSA) is 78.1 Å². The fraction of sp³-hybridized carbons (Fsp3) is 0.571. The second-order valence-electron chi connectivity index (χ2n) is 3.27. The molecule has 2 atom stereocenters. The van der Waals surface area contributed by atoms with Crippen molar-refractivity contribution < 1.29 is 4.52 Å². The van der Waals surface area contributed by atoms with Crippen molar-refractivity contribution in [2.24, 2.45) is 11.5 Å². The van der Waals surface area contributed by atoms with Crippen molar-refractivity contribution in [1.82, 2.24) is 5.16 Å². The van der Waals surface area contributed by atoms with Crippen molar-refractivity contribution in [2.75, 3.05) is 0 Å². The standard InChI is InChI=1S/C7H11N3O/c1-7(9)4-3-11-10-5(4)2-6(7)8/h3,6H,2,8-9H2,1H3/t6-,7?/m1/s1. The van der Waals surface area contributed by atoms with E-state index in [1.54, 1.807) is 6.26 Å². The second kappa shape index (κ2) is 1.84. The SMILES string of the molecule is CC1(N)c2conc2C[C@H]1N. The Morgan fingerprint density at radius 3 is 3.18 bits per heavy atom. The molecule has 1 aliphatic rings. The molecular weight excluding hydrogens is 142 g/mol. The molecule has 1 aliphatic carbocycles. The monoisotopic (exact) mass is 153 g/mol. The van der Waals surface area contributed by atoms with Gasteiger partial charge in [0.1, 0.15) is 6.26 Å². The van der Waals surface area contributed by atoms with Crippen LogP contribution in [0.5, 0.6) is 0 Å². The van der Waals surface area contributed by atoms with E-state index >= 15 is 0 Å². The zero-order valence-electron chi connectivity index (χ0n) is 6.37. The molecule has 4 nitrogen and oxygen atoms in total. The van der Waals surface area contributed by atoms with E-state index < -0.39 is 5.54 Å². The summed E-state index contributed by atoms with van der Waals surface area (Å²) >= 11 is 0. The van der Waals surface area contributed by atoms with E-state index in [0.717, 1.165) is 17.7 Å². The van der Waals surface area contributed by atoms with E-state index in [1.807, 2.05) is 6.92 Å². The van der Waals surface area contributed by atoms with Crippen LogP contribution in [-0.2, 0) is 12.0 Å². The molecule has 60 valence electrons. The van der Waals surface area contributed by atoms with Gasteiger partial charge in [0.15, 0.2) is 0 Å². The summed E-state index contributed by atoms with van der Waals surface area (Å²) in [5.41, 5.74) is 13.1. The number of fused-ring (bicyclic) bond motifs is 1. The number of hydrogen-bond donors (Lipinski definition) is 2. The summed E-state index contributed by atoms with van der Waals surface area (Å²) in [6.45, 7) is 1.90. The average Bonchev–Trinajstić information content (AvgIpc) is 2.41. The number of hydrogen-bond acceptors (Lipinski definition) is 4. The lowest BCUT2D eigenvalue weighted by molar-refractivity contribution is 0.370. The van der Waals surface area contributed by atoms with Gasteiger partial charge in [-0.2, -0.15) is 0 Å². The number of nitrogens with two attached hydrogens (primary N) is 2. The highest BCUT2D eigenvalue weighted by molar-refractivity contribution is 5.33. The second-order valence-corrected chi connectivity index (χ2v) is 3.27. The number of aromatic nitrogens is 1. The molecule has 0 aliphatic heterocycles. The maximum Gasteiger partial charge on any atom is 0.129 e. The van der Waals surface area contributed by atoms with Crippen LogP contribution in [0.4, 0.5) is 0 Å². The third kappa shape index (κ3) is 0.735. The predicted octanol–water partition coefficient (Wildman–Crippen LogP) is -0.268. The van der Waals surface area contributed by atoms with E-state index in [0.29, 0.717) is 0 Å². The van der Waals surface area contributed by atoms with E-state index in [4.69, 9.17) is 16.0 Å². The van der Waals surface area contributed by atoms with Crippen LogP contribution in [0.2, 0.25) is 0 Å². The quantitative estimate of drug-likeness (QED) is 0.538. The van der Waals surface area contributed by atoms with Crippen molar-refractivity contribution in [3.63, 3.8) is 0 Å². The lowest BCUT2D eigenvalue weighted by Gasteiger charge is -2.22. The van der Waals surface area contributed by atoms with Crippen molar-refractivity contribution in [3.8, 4) is 0 Å². The predicted molar refractivity (Wildman–Crippen MR) is 39.7 cm³/mol. The fourth-order valence-corrected chi connectivity index (χ4v) is 1.47. The van der Waals surface area contributed by atoms with Gasteiger partial charge in [-0.1, -0.05) is 5.16 Å². The molecule has 0 saturated heterocycles. The minimum Gasteiger partial charge on any atom is -0.364 e. The minimum absolute atomic E-state index is 0.0311. The van der Waals surface area contributed by atoms with Gasteiger partial charge < -0.3 is 16.0 Å². The van der Waals surface area contributed by atoms with Gasteiger partial charge in [-0.25, -0.2) is 0 Å². The minimum atomic E-state index is -0.463. The summed E-state index contributed by atoms with van der Waals surface area (Å²) < 4.78 is 4.79. The molecule has 0 fully saturated rings. The Labute approximate surface area is 64.5 Å². The van der Waals surface area contributed by atoms with Crippen LogP contribution in [0.15, 0.2) is 10.8 Å². The third-order valence-corrected chi connectivity index (χ3v) is 2.41. The Kier molecular flexibility index (Phi) is 1.14. The molecule has 1 aromatic rings.